The average molecular weight is 721 g/mol. The largest absolute Gasteiger partial charge is 0.496 e. The molecule has 262 valence electrons. The monoisotopic (exact) mass is 719 g/mol. The number of imidazole rings is 1. The van der Waals surface area contributed by atoms with Crippen LogP contribution in [0.4, 0.5) is 5.69 Å². The van der Waals surface area contributed by atoms with Gasteiger partial charge < -0.3 is 30.0 Å². The van der Waals surface area contributed by atoms with Crippen molar-refractivity contribution < 1.29 is 23.9 Å². The summed E-state index contributed by atoms with van der Waals surface area (Å²) in [5.74, 6) is 0.397. The molecule has 2 amide bonds. The number of anilines is 1. The Balaban J connectivity index is 1.18. The molecule has 50 heavy (non-hydrogen) atoms. The summed E-state index contributed by atoms with van der Waals surface area (Å²) in [5, 5.41) is 10.0. The van der Waals surface area contributed by atoms with Gasteiger partial charge in [0.1, 0.15) is 5.75 Å². The Labute approximate surface area is 300 Å². The maximum Gasteiger partial charge on any atom is 0.306 e. The van der Waals surface area contributed by atoms with E-state index in [1.807, 2.05) is 35.9 Å². The number of nitrogens with zero attached hydrogens (tertiary/aromatic N) is 4. The van der Waals surface area contributed by atoms with Crippen LogP contribution < -0.4 is 20.7 Å². The van der Waals surface area contributed by atoms with Crippen molar-refractivity contribution in [1.29, 1.82) is 0 Å². The molecule has 2 aliphatic heterocycles. The van der Waals surface area contributed by atoms with Crippen LogP contribution in [-0.4, -0.2) is 77.1 Å². The van der Waals surface area contributed by atoms with E-state index >= 15 is 0 Å². The van der Waals surface area contributed by atoms with Crippen LogP contribution in [0.15, 0.2) is 48.7 Å². The zero-order chi connectivity index (χ0) is 35.4. The van der Waals surface area contributed by atoms with Crippen LogP contribution in [0.2, 0.25) is 10.0 Å². The number of rotatable bonds is 12. The number of nitrogens with one attached hydrogen (secondary N) is 3. The number of pyridine rings is 1. The summed E-state index contributed by atoms with van der Waals surface area (Å²) in [6, 6.07) is 13.1. The first-order chi connectivity index (χ1) is 24.2. The minimum absolute atomic E-state index is 0.0917. The zero-order valence-electron chi connectivity index (χ0n) is 28.1. The van der Waals surface area contributed by atoms with Crippen LogP contribution in [-0.2, 0) is 40.9 Å². The van der Waals surface area contributed by atoms with Crippen molar-refractivity contribution in [3.63, 3.8) is 0 Å². The molecule has 12 nitrogen and oxygen atoms in total. The number of esters is 1. The van der Waals surface area contributed by atoms with E-state index in [1.165, 1.54) is 7.11 Å². The van der Waals surface area contributed by atoms with Crippen LogP contribution in [0, 0.1) is 0 Å². The standard InChI is InChI=1S/C36H39Cl2N7O5/c1-44-28-12-15-45(16-13-31(47)50-3)20-27(28)42-35(44)36(48)43-26-6-4-5-24(32(26)37)25-11-14-40-34(33(25)38)21-7-8-22(29(17-21)49-2)18-39-19-23-9-10-30(46)41-23/h4-8,11,14,17,23,39H,9-10,12-13,15-16,18-20H2,1-3H3,(H,41,46)(H,43,48)/t23-/m1/s1. The molecular weight excluding hydrogens is 681 g/mol. The first-order valence-electron chi connectivity index (χ1n) is 16.4. The highest BCUT2D eigenvalue weighted by molar-refractivity contribution is 6.39. The second-order valence-electron chi connectivity index (χ2n) is 12.3. The Kier molecular flexibility index (Phi) is 11.0. The van der Waals surface area contributed by atoms with Crippen molar-refractivity contribution in [2.45, 2.75) is 44.8 Å². The molecular formula is C36H39Cl2N7O5. The number of carbonyl (C=O) groups excluding carboxylic acids is 3. The number of hydrogen-bond donors (Lipinski definition) is 3. The van der Waals surface area contributed by atoms with E-state index in [0.717, 1.165) is 35.5 Å². The number of fused-ring (bicyclic) bond motifs is 1. The summed E-state index contributed by atoms with van der Waals surface area (Å²) in [6.07, 6.45) is 4.07. The highest BCUT2D eigenvalue weighted by Crippen LogP contribution is 2.41. The number of aromatic nitrogens is 3. The van der Waals surface area contributed by atoms with Crippen LogP contribution >= 0.6 is 23.2 Å². The zero-order valence-corrected chi connectivity index (χ0v) is 29.7. The summed E-state index contributed by atoms with van der Waals surface area (Å²) >= 11 is 13.9. The first kappa shape index (κ1) is 35.3. The van der Waals surface area contributed by atoms with Crippen molar-refractivity contribution in [2.24, 2.45) is 7.05 Å². The molecule has 6 rings (SSSR count). The van der Waals surface area contributed by atoms with Crippen molar-refractivity contribution in [2.75, 3.05) is 39.2 Å². The van der Waals surface area contributed by atoms with Gasteiger partial charge in [-0.1, -0.05) is 47.5 Å². The van der Waals surface area contributed by atoms with Crippen LogP contribution in [0.25, 0.3) is 22.4 Å². The minimum atomic E-state index is -0.391. The Morgan fingerprint density at radius 2 is 1.90 bits per heavy atom. The van der Waals surface area contributed by atoms with E-state index in [9.17, 15) is 14.4 Å². The molecule has 1 saturated heterocycles. The lowest BCUT2D eigenvalue weighted by atomic mass is 10.0. The lowest BCUT2D eigenvalue weighted by molar-refractivity contribution is -0.141. The van der Waals surface area contributed by atoms with Crippen LogP contribution in [0.3, 0.4) is 0 Å². The van der Waals surface area contributed by atoms with Gasteiger partial charge in [-0.15, -0.1) is 0 Å². The highest BCUT2D eigenvalue weighted by atomic mass is 35.5. The normalized spacial score (nSPS) is 15.8. The predicted molar refractivity (Wildman–Crippen MR) is 191 cm³/mol. The molecule has 1 atom stereocenters. The number of carbonyl (C=O) groups is 3. The van der Waals surface area contributed by atoms with Gasteiger partial charge in [0.25, 0.3) is 5.91 Å². The summed E-state index contributed by atoms with van der Waals surface area (Å²) in [5.41, 5.74) is 5.78. The lowest BCUT2D eigenvalue weighted by Crippen LogP contribution is -2.35. The van der Waals surface area contributed by atoms with Crippen molar-refractivity contribution in [3.05, 3.63) is 81.5 Å². The molecule has 4 heterocycles. The number of methoxy groups -OCH3 is 2. The third-order valence-electron chi connectivity index (χ3n) is 9.18. The van der Waals surface area contributed by atoms with E-state index in [1.54, 1.807) is 31.5 Å². The Bertz CT molecular complexity index is 1930. The lowest BCUT2D eigenvalue weighted by Gasteiger charge is -2.26. The number of benzene rings is 2. The molecule has 0 aliphatic carbocycles. The van der Waals surface area contributed by atoms with Crippen LogP contribution in [0.5, 0.6) is 5.75 Å². The van der Waals surface area contributed by atoms with Crippen molar-refractivity contribution in [3.8, 4) is 28.1 Å². The van der Waals surface area contributed by atoms with Gasteiger partial charge in [0.2, 0.25) is 5.91 Å². The molecule has 0 bridgehead atoms. The fourth-order valence-electron chi connectivity index (χ4n) is 6.44. The van der Waals surface area contributed by atoms with Gasteiger partial charge in [-0.25, -0.2) is 4.98 Å². The molecule has 2 aromatic carbocycles. The van der Waals surface area contributed by atoms with Gasteiger partial charge in [0.15, 0.2) is 5.82 Å². The third kappa shape index (κ3) is 7.63. The highest BCUT2D eigenvalue weighted by Gasteiger charge is 2.27. The van der Waals surface area contributed by atoms with E-state index in [-0.39, 0.29) is 23.7 Å². The maximum atomic E-state index is 13.5. The molecule has 4 aromatic rings. The van der Waals surface area contributed by atoms with Crippen LogP contribution in [0.1, 0.15) is 46.8 Å². The Morgan fingerprint density at radius 1 is 1.08 bits per heavy atom. The Hall–Kier alpha value is -4.49. The second-order valence-corrected chi connectivity index (χ2v) is 13.1. The maximum absolute atomic E-state index is 13.5. The molecule has 2 aromatic heterocycles. The number of halogens is 2. The fraction of sp³-hybridized carbons (Fsp3) is 0.361. The summed E-state index contributed by atoms with van der Waals surface area (Å²) in [6.45, 7) is 3.10. The van der Waals surface area contributed by atoms with Gasteiger partial charge in [-0.3, -0.25) is 24.3 Å². The average Bonchev–Trinajstić information content (AvgIpc) is 3.69. The number of hydrogen-bond acceptors (Lipinski definition) is 9. The molecule has 1 fully saturated rings. The van der Waals surface area contributed by atoms with Crippen molar-refractivity contribution in [1.82, 2.24) is 30.1 Å². The van der Waals surface area contributed by atoms with Crippen molar-refractivity contribution >= 4 is 46.7 Å². The predicted octanol–water partition coefficient (Wildman–Crippen LogP) is 5.01. The van der Waals surface area contributed by atoms with Gasteiger partial charge in [0.05, 0.1) is 47.8 Å². The smallest absolute Gasteiger partial charge is 0.306 e. The van der Waals surface area contributed by atoms with Gasteiger partial charge in [-0.2, -0.15) is 0 Å². The van der Waals surface area contributed by atoms with E-state index < -0.39 is 5.91 Å². The quantitative estimate of drug-likeness (QED) is 0.173. The van der Waals surface area contributed by atoms with E-state index in [2.05, 4.69) is 30.8 Å². The van der Waals surface area contributed by atoms with E-state index in [4.69, 9.17) is 32.7 Å². The fourth-order valence-corrected chi connectivity index (χ4v) is 7.04. The topological polar surface area (TPSA) is 140 Å². The molecule has 0 radical (unpaired) electrons. The molecule has 3 N–H and O–H groups in total. The second kappa shape index (κ2) is 15.6. The Morgan fingerprint density at radius 3 is 2.66 bits per heavy atom. The number of amides is 2. The van der Waals surface area contributed by atoms with Gasteiger partial charge >= 0.3 is 5.97 Å². The molecule has 0 unspecified atom stereocenters. The minimum Gasteiger partial charge on any atom is -0.496 e. The third-order valence-corrected chi connectivity index (χ3v) is 9.97. The molecule has 14 heteroatoms. The summed E-state index contributed by atoms with van der Waals surface area (Å²) < 4.78 is 12.3. The molecule has 2 aliphatic rings. The summed E-state index contributed by atoms with van der Waals surface area (Å²) in [4.78, 5) is 48.0. The van der Waals surface area contributed by atoms with Gasteiger partial charge in [0, 0.05) is 92.8 Å². The first-order valence-corrected chi connectivity index (χ1v) is 17.2. The summed E-state index contributed by atoms with van der Waals surface area (Å²) in [7, 11) is 4.83. The SMILES string of the molecule is COC(=O)CCN1CCc2c(nc(C(=O)Nc3cccc(-c4ccnc(-c5ccc(CNC[C@H]6CCC(=O)N6)c(OC)c5)c4Cl)c3Cl)n2C)C1. The number of ether oxygens (including phenoxy) is 2. The molecule has 0 saturated carbocycles. The molecule has 0 spiro atoms. The van der Waals surface area contributed by atoms with Gasteiger partial charge in [-0.05, 0) is 24.6 Å². The van der Waals surface area contributed by atoms with E-state index in [0.29, 0.717) is 83.7 Å².